The van der Waals surface area contributed by atoms with Crippen LogP contribution in [0.3, 0.4) is 0 Å². The van der Waals surface area contributed by atoms with Crippen molar-refractivity contribution in [2.75, 3.05) is 6.54 Å². The monoisotopic (exact) mass is 897 g/mol. The second kappa shape index (κ2) is 33.6. The normalized spacial score (nSPS) is 19.4. The highest BCUT2D eigenvalue weighted by molar-refractivity contribution is 7.07. The van der Waals surface area contributed by atoms with E-state index >= 15 is 0 Å². The molecule has 1 aliphatic carbocycles. The summed E-state index contributed by atoms with van der Waals surface area (Å²) < 4.78 is 0. The van der Waals surface area contributed by atoms with Crippen LogP contribution in [0.2, 0.25) is 0 Å². The van der Waals surface area contributed by atoms with Gasteiger partial charge in [0.15, 0.2) is 0 Å². The third-order valence-corrected chi connectivity index (χ3v) is 10.1. The molecule has 350 valence electrons. The Morgan fingerprint density at radius 3 is 1.69 bits per heavy atom. The molecule has 20 nitrogen and oxygen atoms in total. The Balaban J connectivity index is 0.000000728. The summed E-state index contributed by atoms with van der Waals surface area (Å²) in [7, 11) is 0. The minimum absolute atomic E-state index is 0.304. The van der Waals surface area contributed by atoms with E-state index in [-0.39, 0.29) is 6.04 Å². The van der Waals surface area contributed by atoms with Crippen molar-refractivity contribution in [3.8, 4) is 0 Å². The van der Waals surface area contributed by atoms with E-state index in [4.69, 9.17) is 58.7 Å². The Kier molecular flexibility index (Phi) is 30.9. The van der Waals surface area contributed by atoms with Gasteiger partial charge in [0.25, 0.3) is 0 Å². The number of carboxylic acid groups (broad SMARTS) is 6. The van der Waals surface area contributed by atoms with E-state index in [1.54, 1.807) is 23.2 Å². The molecule has 2 fully saturated rings. The molecule has 5 rings (SSSR count). The highest BCUT2D eigenvalue weighted by Crippen LogP contribution is 2.27. The van der Waals surface area contributed by atoms with Gasteiger partial charge >= 0.3 is 35.8 Å². The molecule has 21 heteroatoms. The molecular formula is C41H67N7O13S. The van der Waals surface area contributed by atoms with E-state index in [0.717, 1.165) is 30.0 Å². The van der Waals surface area contributed by atoms with Crippen LogP contribution in [-0.2, 0) is 41.6 Å². The zero-order chi connectivity index (χ0) is 47.0. The number of aromatic nitrogens is 1. The molecule has 1 saturated heterocycles. The lowest BCUT2D eigenvalue weighted by Crippen LogP contribution is -2.32. The third-order valence-electron chi connectivity index (χ3n) is 9.47. The van der Waals surface area contributed by atoms with Gasteiger partial charge in [-0.25, -0.2) is 9.78 Å². The molecule has 1 saturated carbocycles. The van der Waals surface area contributed by atoms with Crippen LogP contribution in [0.4, 0.5) is 0 Å². The molecule has 0 spiro atoms. The van der Waals surface area contributed by atoms with Crippen molar-refractivity contribution in [2.24, 2.45) is 28.9 Å². The SMILES string of the molecule is CCCC(N)C(=O)O.NC(CCC1CCCCC1)C(=O)O.NC(CCc1ccccc1)C(=O)O.NC(Cc1cscn1)C(=O)O.O=C(O)C1CC(O)CN1.O=C(O)C1CC=CN1. The maximum atomic E-state index is 10.4. The fourth-order valence-electron chi connectivity index (χ4n) is 5.72. The van der Waals surface area contributed by atoms with E-state index in [0.29, 0.717) is 51.5 Å². The van der Waals surface area contributed by atoms with Crippen LogP contribution in [0.1, 0.15) is 95.2 Å². The number of aryl methyl sites for hydroxylation is 1. The Morgan fingerprint density at radius 2 is 1.31 bits per heavy atom. The van der Waals surface area contributed by atoms with Crippen LogP contribution in [-0.4, -0.2) is 125 Å². The molecule has 7 unspecified atom stereocenters. The zero-order valence-electron chi connectivity index (χ0n) is 35.2. The van der Waals surface area contributed by atoms with Crippen molar-refractivity contribution in [3.63, 3.8) is 0 Å². The van der Waals surface area contributed by atoms with Gasteiger partial charge in [-0.3, -0.25) is 24.0 Å². The number of aliphatic hydroxyl groups excluding tert-OH is 1. The Hall–Kier alpha value is -5.03. The number of rotatable bonds is 16. The summed E-state index contributed by atoms with van der Waals surface area (Å²) in [6.45, 7) is 2.31. The van der Waals surface area contributed by atoms with E-state index in [2.05, 4.69) is 15.6 Å². The van der Waals surface area contributed by atoms with Gasteiger partial charge in [0.1, 0.15) is 36.3 Å². The van der Waals surface area contributed by atoms with Crippen molar-refractivity contribution in [1.82, 2.24) is 15.6 Å². The van der Waals surface area contributed by atoms with Gasteiger partial charge in [0.2, 0.25) is 0 Å². The molecule has 0 bridgehead atoms. The second-order valence-corrected chi connectivity index (χ2v) is 15.5. The molecule has 1 aromatic heterocycles. The van der Waals surface area contributed by atoms with E-state index in [1.165, 1.54) is 43.4 Å². The van der Waals surface area contributed by atoms with Crippen LogP contribution in [0.25, 0.3) is 0 Å². The Labute approximate surface area is 365 Å². The van der Waals surface area contributed by atoms with Crippen LogP contribution >= 0.6 is 11.3 Å². The lowest BCUT2D eigenvalue weighted by molar-refractivity contribution is -0.140. The summed E-state index contributed by atoms with van der Waals surface area (Å²) in [6, 6.07) is 5.90. The number of carboxylic acids is 6. The van der Waals surface area contributed by atoms with Crippen molar-refractivity contribution < 1.29 is 64.5 Å². The first-order valence-corrected chi connectivity index (χ1v) is 21.4. The number of nitrogens with zero attached hydrogens (tertiary/aromatic N) is 1. The molecule has 17 N–H and O–H groups in total. The first kappa shape index (κ1) is 57.0. The molecule has 3 aliphatic rings. The summed E-state index contributed by atoms with van der Waals surface area (Å²) in [5.74, 6) is -4.63. The Bertz CT molecular complexity index is 1590. The third kappa shape index (κ3) is 28.5. The fourth-order valence-corrected chi connectivity index (χ4v) is 6.30. The Morgan fingerprint density at radius 1 is 0.758 bits per heavy atom. The van der Waals surface area contributed by atoms with Crippen molar-refractivity contribution >= 4 is 47.2 Å². The van der Waals surface area contributed by atoms with E-state index < -0.39 is 72.1 Å². The van der Waals surface area contributed by atoms with Crippen molar-refractivity contribution in [2.45, 2.75) is 139 Å². The average molecular weight is 898 g/mol. The standard InChI is InChI=1S/C10H19NO2.C10H13NO2.C6H8N2O2S.C5H9NO3.C5H7NO2.C5H11NO2/c2*11-9(10(12)13)7-6-8-4-2-1-3-5-8;7-5(6(9)10)1-4-2-11-3-8-4;7-3-1-4(5(8)9)6-2-3;7-5(8)4-2-1-3-6-4;1-2-3-4(6)5(7)8/h8-9H,1-7,11H2,(H,12,13);1-5,9H,6-7,11H2,(H,12,13);2-3,5H,1,7H2,(H,9,10);3-4,6-7H,1-2H2,(H,8,9);1,3-4,6H,2H2,(H,7,8);4H,2-3,6H2,1H3,(H,7,8). The lowest BCUT2D eigenvalue weighted by atomic mass is 9.85. The first-order chi connectivity index (χ1) is 29.3. The molecule has 7 atom stereocenters. The number of carbonyl (C=O) groups is 6. The summed E-state index contributed by atoms with van der Waals surface area (Å²) in [6.07, 6.45) is 15.0. The number of β-amino-alcohol motifs (C(OH)–C–C–N with tert-alkyl or cyclic N) is 1. The van der Waals surface area contributed by atoms with Gasteiger partial charge in [0, 0.05) is 24.8 Å². The number of thiazole rings is 1. The molecule has 3 heterocycles. The second-order valence-electron chi connectivity index (χ2n) is 14.7. The van der Waals surface area contributed by atoms with Crippen LogP contribution in [0.15, 0.2) is 53.5 Å². The van der Waals surface area contributed by atoms with Gasteiger partial charge < -0.3 is 69.3 Å². The fraction of sp³-hybridized carbons (Fsp3) is 0.585. The summed E-state index contributed by atoms with van der Waals surface area (Å²) in [5.41, 5.74) is 24.7. The van der Waals surface area contributed by atoms with E-state index in [1.807, 2.05) is 37.3 Å². The maximum absolute atomic E-state index is 10.4. The van der Waals surface area contributed by atoms with Crippen LogP contribution in [0.5, 0.6) is 0 Å². The van der Waals surface area contributed by atoms with E-state index in [9.17, 15) is 28.8 Å². The predicted molar refractivity (Wildman–Crippen MR) is 232 cm³/mol. The molecule has 0 amide bonds. The zero-order valence-corrected chi connectivity index (χ0v) is 36.0. The van der Waals surface area contributed by atoms with Gasteiger partial charge in [0.05, 0.1) is 17.3 Å². The summed E-state index contributed by atoms with van der Waals surface area (Å²) in [5, 5.41) is 66.4. The van der Waals surface area contributed by atoms with Gasteiger partial charge in [-0.1, -0.05) is 81.9 Å². The van der Waals surface area contributed by atoms with Gasteiger partial charge in [-0.15, -0.1) is 11.3 Å². The summed E-state index contributed by atoms with van der Waals surface area (Å²) in [4.78, 5) is 65.3. The minimum atomic E-state index is -0.988. The molecule has 2 aromatic rings. The number of hydrogen-bond acceptors (Lipinski definition) is 15. The molecule has 0 radical (unpaired) electrons. The molecule has 1 aromatic carbocycles. The largest absolute Gasteiger partial charge is 0.480 e. The molecule has 2 aliphatic heterocycles. The first-order valence-electron chi connectivity index (χ1n) is 20.4. The topological polar surface area (TPSA) is 385 Å². The average Bonchev–Trinajstić information content (AvgIpc) is 4.06. The minimum Gasteiger partial charge on any atom is -0.480 e. The molecular weight excluding hydrogens is 831 g/mol. The van der Waals surface area contributed by atoms with Gasteiger partial charge in [-0.05, 0) is 56.2 Å². The predicted octanol–water partition coefficient (Wildman–Crippen LogP) is 1.83. The maximum Gasteiger partial charge on any atom is 0.326 e. The molecule has 62 heavy (non-hydrogen) atoms. The number of hydrogen-bond donors (Lipinski definition) is 13. The number of aliphatic hydroxyl groups is 1. The highest BCUT2D eigenvalue weighted by atomic mass is 32.1. The van der Waals surface area contributed by atoms with Crippen LogP contribution in [0, 0.1) is 5.92 Å². The number of benzene rings is 1. The van der Waals surface area contributed by atoms with Gasteiger partial charge in [-0.2, -0.15) is 0 Å². The van der Waals surface area contributed by atoms with Crippen LogP contribution < -0.4 is 33.6 Å². The smallest absolute Gasteiger partial charge is 0.326 e. The van der Waals surface area contributed by atoms with Crippen molar-refractivity contribution in [3.05, 3.63) is 64.8 Å². The quantitative estimate of drug-likeness (QED) is 0.114. The number of nitrogens with one attached hydrogen (secondary N) is 2. The number of nitrogens with two attached hydrogens (primary N) is 4. The highest BCUT2D eigenvalue weighted by Gasteiger charge is 2.27. The number of aliphatic carboxylic acids is 6. The lowest BCUT2D eigenvalue weighted by Gasteiger charge is -2.21. The summed E-state index contributed by atoms with van der Waals surface area (Å²) >= 11 is 1.43. The van der Waals surface area contributed by atoms with Crippen molar-refractivity contribution in [1.29, 1.82) is 0 Å².